The highest BCUT2D eigenvalue weighted by Gasteiger charge is 2.20. The molecule has 158 valence electrons. The molecule has 6 heteroatoms. The van der Waals surface area contributed by atoms with Gasteiger partial charge in [-0.3, -0.25) is 0 Å². The summed E-state index contributed by atoms with van der Waals surface area (Å²) < 4.78 is 17.1. The van der Waals surface area contributed by atoms with Gasteiger partial charge >= 0.3 is 5.97 Å². The van der Waals surface area contributed by atoms with E-state index in [0.29, 0.717) is 25.5 Å². The van der Waals surface area contributed by atoms with Crippen LogP contribution in [0.3, 0.4) is 0 Å². The molecule has 30 heavy (non-hydrogen) atoms. The summed E-state index contributed by atoms with van der Waals surface area (Å²) in [5.74, 6) is 1.08. The average molecular weight is 409 g/mol. The third-order valence-corrected chi connectivity index (χ3v) is 5.18. The first kappa shape index (κ1) is 21.6. The molecule has 6 nitrogen and oxygen atoms in total. The molecular formula is C24H27NO5. The van der Waals surface area contributed by atoms with Crippen molar-refractivity contribution in [1.29, 1.82) is 0 Å². The Morgan fingerprint density at radius 3 is 2.50 bits per heavy atom. The van der Waals surface area contributed by atoms with Crippen LogP contribution < -0.4 is 4.74 Å². The maximum Gasteiger partial charge on any atom is 0.333 e. The fourth-order valence-electron chi connectivity index (χ4n) is 3.26. The van der Waals surface area contributed by atoms with Gasteiger partial charge in [0, 0.05) is 18.6 Å². The summed E-state index contributed by atoms with van der Waals surface area (Å²) in [6.07, 6.45) is -0.534. The second-order valence-corrected chi connectivity index (χ2v) is 7.14. The van der Waals surface area contributed by atoms with E-state index in [1.54, 1.807) is 6.92 Å². The van der Waals surface area contributed by atoms with Gasteiger partial charge < -0.3 is 19.0 Å². The SMILES string of the molecule is CCO[C@@H](Cc1ccc(OCc2nc(-c3ccccc3)oc2C)c(C)c1C)C(=O)O. The van der Waals surface area contributed by atoms with Gasteiger partial charge in [-0.2, -0.15) is 0 Å². The van der Waals surface area contributed by atoms with Crippen molar-refractivity contribution in [2.75, 3.05) is 6.61 Å². The van der Waals surface area contributed by atoms with E-state index < -0.39 is 12.1 Å². The van der Waals surface area contributed by atoms with Gasteiger partial charge in [0.15, 0.2) is 6.10 Å². The fourth-order valence-corrected chi connectivity index (χ4v) is 3.26. The van der Waals surface area contributed by atoms with Crippen molar-refractivity contribution < 1.29 is 23.8 Å². The van der Waals surface area contributed by atoms with Gasteiger partial charge in [-0.25, -0.2) is 9.78 Å². The molecule has 0 fully saturated rings. The highest BCUT2D eigenvalue weighted by Crippen LogP contribution is 2.27. The molecule has 0 radical (unpaired) electrons. The maximum absolute atomic E-state index is 11.4. The smallest absolute Gasteiger partial charge is 0.333 e. The number of hydrogen-bond acceptors (Lipinski definition) is 5. The number of aliphatic carboxylic acids is 1. The van der Waals surface area contributed by atoms with Crippen molar-refractivity contribution in [3.63, 3.8) is 0 Å². The molecule has 1 heterocycles. The van der Waals surface area contributed by atoms with Crippen molar-refractivity contribution >= 4 is 5.97 Å². The number of hydrogen-bond donors (Lipinski definition) is 1. The number of aryl methyl sites for hydroxylation is 1. The van der Waals surface area contributed by atoms with Crippen molar-refractivity contribution in [1.82, 2.24) is 4.98 Å². The van der Waals surface area contributed by atoms with Crippen molar-refractivity contribution in [2.24, 2.45) is 0 Å². The van der Waals surface area contributed by atoms with Gasteiger partial charge in [0.25, 0.3) is 0 Å². The number of benzene rings is 2. The number of nitrogens with zero attached hydrogens (tertiary/aromatic N) is 1. The molecule has 0 aliphatic heterocycles. The number of oxazole rings is 1. The summed E-state index contributed by atoms with van der Waals surface area (Å²) in [4.78, 5) is 16.0. The van der Waals surface area contributed by atoms with Crippen molar-refractivity contribution in [3.8, 4) is 17.2 Å². The zero-order chi connectivity index (χ0) is 21.7. The zero-order valence-electron chi connectivity index (χ0n) is 17.8. The van der Waals surface area contributed by atoms with Crippen LogP contribution in [-0.4, -0.2) is 28.8 Å². The molecular weight excluding hydrogens is 382 g/mol. The van der Waals surface area contributed by atoms with Crippen molar-refractivity contribution in [2.45, 2.75) is 46.8 Å². The second-order valence-electron chi connectivity index (χ2n) is 7.14. The summed E-state index contributed by atoms with van der Waals surface area (Å²) in [6.45, 7) is 8.25. The van der Waals surface area contributed by atoms with E-state index in [2.05, 4.69) is 4.98 Å². The van der Waals surface area contributed by atoms with Crippen LogP contribution in [0.4, 0.5) is 0 Å². The summed E-state index contributed by atoms with van der Waals surface area (Å²) >= 11 is 0. The van der Waals surface area contributed by atoms with E-state index in [-0.39, 0.29) is 0 Å². The topological polar surface area (TPSA) is 81.8 Å². The average Bonchev–Trinajstić information content (AvgIpc) is 3.11. The minimum atomic E-state index is -0.954. The van der Waals surface area contributed by atoms with Gasteiger partial charge in [0.1, 0.15) is 23.8 Å². The zero-order valence-corrected chi connectivity index (χ0v) is 17.8. The molecule has 3 aromatic rings. The van der Waals surface area contributed by atoms with Gasteiger partial charge in [0.2, 0.25) is 5.89 Å². The first-order valence-corrected chi connectivity index (χ1v) is 9.98. The van der Waals surface area contributed by atoms with E-state index >= 15 is 0 Å². The quantitative estimate of drug-likeness (QED) is 0.542. The Hall–Kier alpha value is -3.12. The molecule has 2 aromatic carbocycles. The number of rotatable bonds is 9. The van der Waals surface area contributed by atoms with E-state index in [1.807, 2.05) is 63.2 Å². The molecule has 1 aromatic heterocycles. The fraction of sp³-hybridized carbons (Fsp3) is 0.333. The molecule has 0 saturated carbocycles. The Morgan fingerprint density at radius 1 is 1.10 bits per heavy atom. The molecule has 0 bridgehead atoms. The monoisotopic (exact) mass is 409 g/mol. The highest BCUT2D eigenvalue weighted by atomic mass is 16.5. The van der Waals surface area contributed by atoms with Crippen LogP contribution in [0.15, 0.2) is 46.9 Å². The predicted molar refractivity (Wildman–Crippen MR) is 114 cm³/mol. The molecule has 0 spiro atoms. The number of aromatic nitrogens is 1. The molecule has 3 rings (SSSR count). The van der Waals surface area contributed by atoms with Crippen LogP contribution in [0.2, 0.25) is 0 Å². The van der Waals surface area contributed by atoms with Crippen LogP contribution >= 0.6 is 0 Å². The van der Waals surface area contributed by atoms with E-state index in [9.17, 15) is 9.90 Å². The molecule has 0 saturated heterocycles. The first-order valence-electron chi connectivity index (χ1n) is 9.98. The van der Waals surface area contributed by atoms with E-state index in [0.717, 1.165) is 39.5 Å². The standard InChI is InChI=1S/C24H27NO5/c1-5-28-22(24(26)27)13-19-11-12-21(16(3)15(19)2)29-14-20-17(4)30-23(25-20)18-9-7-6-8-10-18/h6-12,22H,5,13-14H2,1-4H3,(H,26,27)/t22-/m0/s1. The largest absolute Gasteiger partial charge is 0.487 e. The third kappa shape index (κ3) is 4.89. The summed E-state index contributed by atoms with van der Waals surface area (Å²) in [6, 6.07) is 13.5. The molecule has 0 aliphatic carbocycles. The molecule has 0 amide bonds. The third-order valence-electron chi connectivity index (χ3n) is 5.18. The number of carboxylic acids is 1. The second kappa shape index (κ2) is 9.59. The van der Waals surface area contributed by atoms with Crippen LogP contribution in [0.5, 0.6) is 5.75 Å². The maximum atomic E-state index is 11.4. The highest BCUT2D eigenvalue weighted by molar-refractivity contribution is 5.73. The normalized spacial score (nSPS) is 12.0. The van der Waals surface area contributed by atoms with Gasteiger partial charge in [0.05, 0.1) is 0 Å². The van der Waals surface area contributed by atoms with Crippen LogP contribution in [0, 0.1) is 20.8 Å². The van der Waals surface area contributed by atoms with Gasteiger partial charge in [-0.1, -0.05) is 24.3 Å². The Bertz CT molecular complexity index is 1010. The van der Waals surface area contributed by atoms with E-state index in [4.69, 9.17) is 13.9 Å². The Kier molecular flexibility index (Phi) is 6.90. The summed E-state index contributed by atoms with van der Waals surface area (Å²) in [5, 5.41) is 9.34. The predicted octanol–water partition coefficient (Wildman–Crippen LogP) is 4.88. The molecule has 1 N–H and O–H groups in total. The lowest BCUT2D eigenvalue weighted by Crippen LogP contribution is -2.26. The lowest BCUT2D eigenvalue weighted by Gasteiger charge is -2.17. The summed E-state index contributed by atoms with van der Waals surface area (Å²) in [7, 11) is 0. The Morgan fingerprint density at radius 2 is 1.83 bits per heavy atom. The Labute approximate surface area is 176 Å². The van der Waals surface area contributed by atoms with Crippen LogP contribution in [0.25, 0.3) is 11.5 Å². The lowest BCUT2D eigenvalue weighted by atomic mass is 9.97. The number of ether oxygens (including phenoxy) is 2. The number of carbonyl (C=O) groups is 1. The van der Waals surface area contributed by atoms with Crippen LogP contribution in [0.1, 0.15) is 35.1 Å². The van der Waals surface area contributed by atoms with Gasteiger partial charge in [-0.05, 0) is 62.6 Å². The molecule has 0 aliphatic rings. The minimum absolute atomic E-state index is 0.290. The van der Waals surface area contributed by atoms with Crippen molar-refractivity contribution in [3.05, 3.63) is 70.6 Å². The Balaban J connectivity index is 1.73. The summed E-state index contributed by atoms with van der Waals surface area (Å²) in [5.41, 5.74) is 4.57. The lowest BCUT2D eigenvalue weighted by molar-refractivity contribution is -0.149. The van der Waals surface area contributed by atoms with E-state index in [1.165, 1.54) is 0 Å². The first-order chi connectivity index (χ1) is 14.4. The minimum Gasteiger partial charge on any atom is -0.487 e. The van der Waals surface area contributed by atoms with Crippen LogP contribution in [-0.2, 0) is 22.6 Å². The van der Waals surface area contributed by atoms with Gasteiger partial charge in [-0.15, -0.1) is 0 Å². The molecule has 1 atom stereocenters. The molecule has 0 unspecified atom stereocenters. The number of carboxylic acid groups (broad SMARTS) is 1.